The summed E-state index contributed by atoms with van der Waals surface area (Å²) in [6.07, 6.45) is 6.54. The third-order valence-electron chi connectivity index (χ3n) is 2.14. The second kappa shape index (κ2) is 6.54. The molecule has 0 atom stereocenters. The topological polar surface area (TPSA) is 39.9 Å². The highest BCUT2D eigenvalue weighted by molar-refractivity contribution is 4.92. The number of nitrogens with zero attached hydrogens (tertiary/aromatic N) is 3. The smallest absolute Gasteiger partial charge is 0.0850 e. The van der Waals surface area contributed by atoms with E-state index in [1.807, 2.05) is 10.9 Å². The van der Waals surface area contributed by atoms with Gasteiger partial charge in [0, 0.05) is 26.3 Å². The SMILES string of the molecule is CCCCCn1cc(CCOC)nn1. The van der Waals surface area contributed by atoms with Gasteiger partial charge in [0.05, 0.1) is 12.3 Å². The van der Waals surface area contributed by atoms with E-state index in [4.69, 9.17) is 4.74 Å². The van der Waals surface area contributed by atoms with Gasteiger partial charge in [0.2, 0.25) is 0 Å². The van der Waals surface area contributed by atoms with E-state index in [1.54, 1.807) is 7.11 Å². The fraction of sp³-hybridized carbons (Fsp3) is 0.800. The predicted molar refractivity (Wildman–Crippen MR) is 55.1 cm³/mol. The van der Waals surface area contributed by atoms with E-state index in [0.717, 1.165) is 18.7 Å². The maximum atomic E-state index is 4.98. The normalized spacial score (nSPS) is 10.7. The number of hydrogen-bond donors (Lipinski definition) is 0. The molecule has 0 unspecified atom stereocenters. The van der Waals surface area contributed by atoms with Crippen molar-refractivity contribution >= 4 is 0 Å². The molecule has 0 radical (unpaired) electrons. The third kappa shape index (κ3) is 3.87. The molecule has 0 saturated heterocycles. The summed E-state index contributed by atoms with van der Waals surface area (Å²) in [6.45, 7) is 3.90. The minimum Gasteiger partial charge on any atom is -0.384 e. The lowest BCUT2D eigenvalue weighted by Gasteiger charge is -1.97. The quantitative estimate of drug-likeness (QED) is 0.624. The van der Waals surface area contributed by atoms with Gasteiger partial charge in [-0.1, -0.05) is 25.0 Å². The van der Waals surface area contributed by atoms with Gasteiger partial charge < -0.3 is 4.74 Å². The van der Waals surface area contributed by atoms with Gasteiger partial charge >= 0.3 is 0 Å². The van der Waals surface area contributed by atoms with Crippen LogP contribution in [0, 0.1) is 0 Å². The van der Waals surface area contributed by atoms with Gasteiger partial charge in [-0.2, -0.15) is 0 Å². The van der Waals surface area contributed by atoms with Crippen molar-refractivity contribution in [1.82, 2.24) is 15.0 Å². The maximum Gasteiger partial charge on any atom is 0.0850 e. The average molecular weight is 197 g/mol. The largest absolute Gasteiger partial charge is 0.384 e. The van der Waals surface area contributed by atoms with Gasteiger partial charge in [-0.15, -0.1) is 5.10 Å². The summed E-state index contributed by atoms with van der Waals surface area (Å²) in [5.74, 6) is 0. The zero-order valence-corrected chi connectivity index (χ0v) is 9.07. The molecule has 1 heterocycles. The molecule has 80 valence electrons. The van der Waals surface area contributed by atoms with Crippen LogP contribution in [0.15, 0.2) is 6.20 Å². The number of ether oxygens (including phenoxy) is 1. The molecule has 0 bridgehead atoms. The summed E-state index contributed by atoms with van der Waals surface area (Å²) in [6, 6.07) is 0. The lowest BCUT2D eigenvalue weighted by Crippen LogP contribution is -1.98. The highest BCUT2D eigenvalue weighted by Gasteiger charge is 1.99. The van der Waals surface area contributed by atoms with E-state index in [-0.39, 0.29) is 0 Å². The molecule has 0 aliphatic heterocycles. The molecule has 0 amide bonds. The zero-order valence-electron chi connectivity index (χ0n) is 9.07. The molecule has 1 aromatic heterocycles. The van der Waals surface area contributed by atoms with Crippen molar-refractivity contribution in [1.29, 1.82) is 0 Å². The Morgan fingerprint density at radius 3 is 3.00 bits per heavy atom. The summed E-state index contributed by atoms with van der Waals surface area (Å²) in [4.78, 5) is 0. The van der Waals surface area contributed by atoms with Gasteiger partial charge in [0.15, 0.2) is 0 Å². The summed E-state index contributed by atoms with van der Waals surface area (Å²) in [5, 5.41) is 8.12. The van der Waals surface area contributed by atoms with E-state index >= 15 is 0 Å². The summed E-state index contributed by atoms with van der Waals surface area (Å²) < 4.78 is 6.89. The second-order valence-corrected chi connectivity index (χ2v) is 3.42. The van der Waals surface area contributed by atoms with Crippen LogP contribution in [0.5, 0.6) is 0 Å². The van der Waals surface area contributed by atoms with Crippen LogP contribution in [0.25, 0.3) is 0 Å². The van der Waals surface area contributed by atoms with Gasteiger partial charge in [0.25, 0.3) is 0 Å². The van der Waals surface area contributed by atoms with E-state index in [1.165, 1.54) is 19.3 Å². The van der Waals surface area contributed by atoms with Crippen LogP contribution < -0.4 is 0 Å². The third-order valence-corrected chi connectivity index (χ3v) is 2.14. The van der Waals surface area contributed by atoms with E-state index in [0.29, 0.717) is 6.61 Å². The minimum absolute atomic E-state index is 0.716. The summed E-state index contributed by atoms with van der Waals surface area (Å²) in [5.41, 5.74) is 1.02. The number of methoxy groups -OCH3 is 1. The molecule has 0 aliphatic carbocycles. The second-order valence-electron chi connectivity index (χ2n) is 3.42. The lowest BCUT2D eigenvalue weighted by molar-refractivity contribution is 0.201. The Balaban J connectivity index is 2.27. The minimum atomic E-state index is 0.716. The van der Waals surface area contributed by atoms with E-state index in [2.05, 4.69) is 17.2 Å². The van der Waals surface area contributed by atoms with Crippen molar-refractivity contribution in [3.05, 3.63) is 11.9 Å². The molecular weight excluding hydrogens is 178 g/mol. The van der Waals surface area contributed by atoms with Crippen LogP contribution in [0.1, 0.15) is 31.9 Å². The molecular formula is C10H19N3O. The van der Waals surface area contributed by atoms with Crippen LogP contribution in [-0.2, 0) is 17.7 Å². The molecule has 0 aliphatic rings. The van der Waals surface area contributed by atoms with Crippen LogP contribution in [0.4, 0.5) is 0 Å². The van der Waals surface area contributed by atoms with Crippen molar-refractivity contribution in [2.75, 3.05) is 13.7 Å². The van der Waals surface area contributed by atoms with E-state index < -0.39 is 0 Å². The highest BCUT2D eigenvalue weighted by atomic mass is 16.5. The number of aromatic nitrogens is 3. The first-order valence-electron chi connectivity index (χ1n) is 5.24. The molecule has 1 rings (SSSR count). The van der Waals surface area contributed by atoms with Crippen molar-refractivity contribution in [3.63, 3.8) is 0 Å². The fourth-order valence-corrected chi connectivity index (χ4v) is 1.29. The molecule has 0 saturated carbocycles. The highest BCUT2D eigenvalue weighted by Crippen LogP contribution is 1.99. The summed E-state index contributed by atoms with van der Waals surface area (Å²) in [7, 11) is 1.70. The number of rotatable bonds is 7. The molecule has 0 fully saturated rings. The van der Waals surface area contributed by atoms with Gasteiger partial charge in [-0.05, 0) is 6.42 Å². The Bertz CT molecular complexity index is 247. The Morgan fingerprint density at radius 2 is 2.29 bits per heavy atom. The Labute approximate surface area is 85.3 Å². The number of unbranched alkanes of at least 4 members (excludes halogenated alkanes) is 2. The van der Waals surface area contributed by atoms with Crippen LogP contribution >= 0.6 is 0 Å². The molecule has 0 spiro atoms. The lowest BCUT2D eigenvalue weighted by atomic mass is 10.2. The van der Waals surface area contributed by atoms with Crippen molar-refractivity contribution < 1.29 is 4.74 Å². The van der Waals surface area contributed by atoms with Crippen molar-refractivity contribution in [3.8, 4) is 0 Å². The molecule has 1 aromatic rings. The van der Waals surface area contributed by atoms with Gasteiger partial charge in [-0.3, -0.25) is 4.68 Å². The Morgan fingerprint density at radius 1 is 1.43 bits per heavy atom. The standard InChI is InChI=1S/C10H19N3O/c1-3-4-5-7-13-9-10(11-12-13)6-8-14-2/h9H,3-8H2,1-2H3. The maximum absolute atomic E-state index is 4.98. The van der Waals surface area contributed by atoms with Crippen LogP contribution in [-0.4, -0.2) is 28.7 Å². The predicted octanol–water partition coefficient (Wildman–Crippen LogP) is 1.66. The first kappa shape index (κ1) is 11.2. The number of aryl methyl sites for hydroxylation is 1. The fourth-order valence-electron chi connectivity index (χ4n) is 1.29. The van der Waals surface area contributed by atoms with Crippen LogP contribution in [0.3, 0.4) is 0 Å². The average Bonchev–Trinajstić information content (AvgIpc) is 2.63. The number of hydrogen-bond acceptors (Lipinski definition) is 3. The van der Waals surface area contributed by atoms with Crippen molar-refractivity contribution in [2.24, 2.45) is 0 Å². The van der Waals surface area contributed by atoms with Crippen LogP contribution in [0.2, 0.25) is 0 Å². The molecule has 0 N–H and O–H groups in total. The van der Waals surface area contributed by atoms with Crippen molar-refractivity contribution in [2.45, 2.75) is 39.2 Å². The molecule has 4 heteroatoms. The monoisotopic (exact) mass is 197 g/mol. The molecule has 14 heavy (non-hydrogen) atoms. The van der Waals surface area contributed by atoms with E-state index in [9.17, 15) is 0 Å². The molecule has 0 aromatic carbocycles. The first-order chi connectivity index (χ1) is 6.86. The Hall–Kier alpha value is -0.900. The zero-order chi connectivity index (χ0) is 10.2. The Kier molecular flexibility index (Phi) is 5.22. The van der Waals surface area contributed by atoms with Gasteiger partial charge in [-0.25, -0.2) is 0 Å². The summed E-state index contributed by atoms with van der Waals surface area (Å²) >= 11 is 0. The van der Waals surface area contributed by atoms with Gasteiger partial charge in [0.1, 0.15) is 0 Å². The molecule has 4 nitrogen and oxygen atoms in total. The first-order valence-corrected chi connectivity index (χ1v) is 5.24.